The number of amides is 1. The van der Waals surface area contributed by atoms with Gasteiger partial charge in [0.2, 0.25) is 0 Å². The minimum atomic E-state index is 0.101. The zero-order valence-corrected chi connectivity index (χ0v) is 19.7. The molecule has 4 aromatic rings. The number of benzene rings is 3. The normalized spacial score (nSPS) is 19.6. The predicted molar refractivity (Wildman–Crippen MR) is 136 cm³/mol. The lowest BCUT2D eigenvalue weighted by molar-refractivity contribution is 0.0592. The smallest absolute Gasteiger partial charge is 0.254 e. The van der Waals surface area contributed by atoms with E-state index in [1.54, 1.807) is 0 Å². The topological polar surface area (TPSA) is 49.3 Å². The lowest BCUT2D eigenvalue weighted by Crippen LogP contribution is -2.65. The van der Waals surface area contributed by atoms with Crippen molar-refractivity contribution in [1.82, 2.24) is 14.9 Å². The van der Waals surface area contributed by atoms with Crippen LogP contribution in [-0.4, -0.2) is 46.5 Å². The number of anilines is 1. The van der Waals surface area contributed by atoms with Gasteiger partial charge in [-0.25, -0.2) is 4.98 Å². The van der Waals surface area contributed by atoms with Crippen molar-refractivity contribution in [2.75, 3.05) is 24.5 Å². The first-order valence-electron chi connectivity index (χ1n) is 11.7. The fraction of sp³-hybridized carbons (Fsp3) is 0.250. The number of carbonyl (C=O) groups excluding carboxylic acids is 1. The van der Waals surface area contributed by atoms with E-state index < -0.39 is 0 Å². The molecule has 2 aliphatic rings. The Morgan fingerprint density at radius 3 is 2.71 bits per heavy atom. The number of nitrogens with zero attached hydrogens (tertiary/aromatic N) is 4. The maximum absolute atomic E-state index is 13.7. The highest BCUT2D eigenvalue weighted by Crippen LogP contribution is 2.37. The van der Waals surface area contributed by atoms with Gasteiger partial charge in [0.05, 0.1) is 23.3 Å². The van der Waals surface area contributed by atoms with Crippen molar-refractivity contribution in [1.29, 1.82) is 0 Å². The first kappa shape index (κ1) is 21.1. The van der Waals surface area contributed by atoms with Gasteiger partial charge in [-0.3, -0.25) is 9.78 Å². The predicted octanol–water partition coefficient (Wildman–Crippen LogP) is 5.61. The van der Waals surface area contributed by atoms with Gasteiger partial charge in [-0.05, 0) is 48.7 Å². The van der Waals surface area contributed by atoms with Gasteiger partial charge in [0.1, 0.15) is 5.82 Å². The van der Waals surface area contributed by atoms with Crippen molar-refractivity contribution < 1.29 is 4.79 Å². The summed E-state index contributed by atoms with van der Waals surface area (Å²) >= 11 is 6.16. The van der Waals surface area contributed by atoms with E-state index in [0.717, 1.165) is 58.6 Å². The van der Waals surface area contributed by atoms with Gasteiger partial charge < -0.3 is 9.80 Å². The van der Waals surface area contributed by atoms with E-state index in [9.17, 15) is 4.79 Å². The fourth-order valence-electron chi connectivity index (χ4n) is 5.23. The Morgan fingerprint density at radius 2 is 1.85 bits per heavy atom. The van der Waals surface area contributed by atoms with E-state index in [0.29, 0.717) is 17.5 Å². The molecule has 3 heterocycles. The molecule has 0 bridgehead atoms. The van der Waals surface area contributed by atoms with Gasteiger partial charge in [-0.1, -0.05) is 59.6 Å². The van der Waals surface area contributed by atoms with Crippen LogP contribution in [0, 0.1) is 12.8 Å². The third-order valence-electron chi connectivity index (χ3n) is 7.12. The number of rotatable bonds is 3. The van der Waals surface area contributed by atoms with E-state index in [-0.39, 0.29) is 11.9 Å². The Kier molecular flexibility index (Phi) is 5.22. The summed E-state index contributed by atoms with van der Waals surface area (Å²) in [7, 11) is 0. The minimum Gasteiger partial charge on any atom is -0.350 e. The molecule has 0 aliphatic carbocycles. The van der Waals surface area contributed by atoms with Gasteiger partial charge in [0, 0.05) is 36.1 Å². The molecule has 2 fully saturated rings. The molecule has 1 amide bonds. The number of likely N-dealkylation sites (tertiary alicyclic amines) is 1. The quantitative estimate of drug-likeness (QED) is 0.392. The molecule has 2 saturated heterocycles. The van der Waals surface area contributed by atoms with Crippen molar-refractivity contribution >= 4 is 34.4 Å². The largest absolute Gasteiger partial charge is 0.350 e. The van der Waals surface area contributed by atoms with Crippen LogP contribution < -0.4 is 4.90 Å². The third-order valence-corrected chi connectivity index (χ3v) is 7.35. The lowest BCUT2D eigenvalue weighted by Gasteiger charge is -2.54. The zero-order valence-electron chi connectivity index (χ0n) is 19.0. The molecule has 6 heteroatoms. The summed E-state index contributed by atoms with van der Waals surface area (Å²) in [5.74, 6) is 1.53. The van der Waals surface area contributed by atoms with Crippen LogP contribution in [0.15, 0.2) is 72.9 Å². The molecule has 1 aromatic heterocycles. The van der Waals surface area contributed by atoms with Gasteiger partial charge in [0.25, 0.3) is 5.91 Å². The molecule has 2 atom stereocenters. The highest BCUT2D eigenvalue weighted by Gasteiger charge is 2.44. The van der Waals surface area contributed by atoms with Gasteiger partial charge in [-0.2, -0.15) is 0 Å². The second-order valence-corrected chi connectivity index (χ2v) is 9.73. The van der Waals surface area contributed by atoms with E-state index in [2.05, 4.69) is 34.1 Å². The van der Waals surface area contributed by atoms with Gasteiger partial charge in [-0.15, -0.1) is 0 Å². The van der Waals surface area contributed by atoms with Crippen molar-refractivity contribution in [3.05, 3.63) is 89.1 Å². The Balaban J connectivity index is 1.26. The summed E-state index contributed by atoms with van der Waals surface area (Å²) in [6, 6.07) is 22.1. The van der Waals surface area contributed by atoms with E-state index >= 15 is 0 Å². The van der Waals surface area contributed by atoms with Crippen LogP contribution in [0.2, 0.25) is 5.02 Å². The van der Waals surface area contributed by atoms with Crippen molar-refractivity contribution in [3.63, 3.8) is 0 Å². The maximum atomic E-state index is 13.7. The van der Waals surface area contributed by atoms with Crippen LogP contribution in [0.25, 0.3) is 22.2 Å². The molecule has 2 aliphatic heterocycles. The van der Waals surface area contributed by atoms with E-state index in [4.69, 9.17) is 16.6 Å². The highest BCUT2D eigenvalue weighted by atomic mass is 35.5. The van der Waals surface area contributed by atoms with Crippen LogP contribution in [0.3, 0.4) is 0 Å². The van der Waals surface area contributed by atoms with Crippen LogP contribution in [0.1, 0.15) is 22.3 Å². The van der Waals surface area contributed by atoms with Crippen LogP contribution in [-0.2, 0) is 0 Å². The first-order valence-corrected chi connectivity index (χ1v) is 12.1. The summed E-state index contributed by atoms with van der Waals surface area (Å²) in [5.41, 5.74) is 5.55. The fourth-order valence-corrected chi connectivity index (χ4v) is 5.40. The molecule has 34 heavy (non-hydrogen) atoms. The SMILES string of the molecule is Cc1ccc(-c2ccccc2)c(C(=O)N2CC[C@H]3CN(c4cnc5ccc(Cl)cc5n4)[C@H]3C2)c1. The highest BCUT2D eigenvalue weighted by molar-refractivity contribution is 6.31. The van der Waals surface area contributed by atoms with Crippen LogP contribution in [0.4, 0.5) is 5.82 Å². The van der Waals surface area contributed by atoms with Crippen LogP contribution in [0.5, 0.6) is 0 Å². The number of hydrogen-bond acceptors (Lipinski definition) is 4. The molecular formula is C28H25ClN4O. The Morgan fingerprint density at radius 1 is 1.00 bits per heavy atom. The Hall–Kier alpha value is -3.44. The minimum absolute atomic E-state index is 0.101. The molecule has 0 spiro atoms. The van der Waals surface area contributed by atoms with E-state index in [1.165, 1.54) is 0 Å². The van der Waals surface area contributed by atoms with Crippen LogP contribution >= 0.6 is 11.6 Å². The number of halogens is 1. The number of hydrogen-bond donors (Lipinski definition) is 0. The maximum Gasteiger partial charge on any atom is 0.254 e. The number of aromatic nitrogens is 2. The number of fused-ring (bicyclic) bond motifs is 2. The third kappa shape index (κ3) is 3.70. The summed E-state index contributed by atoms with van der Waals surface area (Å²) in [6.07, 6.45) is 2.84. The van der Waals surface area contributed by atoms with E-state index in [1.807, 2.05) is 60.5 Å². The Labute approximate surface area is 204 Å². The average molecular weight is 469 g/mol. The summed E-state index contributed by atoms with van der Waals surface area (Å²) in [6.45, 7) is 4.47. The number of carbonyl (C=O) groups is 1. The molecule has 0 N–H and O–H groups in total. The monoisotopic (exact) mass is 468 g/mol. The zero-order chi connectivity index (χ0) is 23.2. The van der Waals surface area contributed by atoms with Crippen molar-refractivity contribution in [3.8, 4) is 11.1 Å². The summed E-state index contributed by atoms with van der Waals surface area (Å²) in [5, 5.41) is 0.655. The second-order valence-electron chi connectivity index (χ2n) is 9.30. The average Bonchev–Trinajstić information content (AvgIpc) is 2.84. The number of piperidine rings is 1. The first-order chi connectivity index (χ1) is 16.6. The lowest BCUT2D eigenvalue weighted by atomic mass is 9.82. The molecule has 3 aromatic carbocycles. The van der Waals surface area contributed by atoms with Gasteiger partial charge in [0.15, 0.2) is 0 Å². The second kappa shape index (κ2) is 8.41. The van der Waals surface area contributed by atoms with Gasteiger partial charge >= 0.3 is 0 Å². The summed E-state index contributed by atoms with van der Waals surface area (Å²) < 4.78 is 0. The number of aryl methyl sites for hydroxylation is 1. The molecule has 0 unspecified atom stereocenters. The van der Waals surface area contributed by atoms with Crippen molar-refractivity contribution in [2.45, 2.75) is 19.4 Å². The summed E-state index contributed by atoms with van der Waals surface area (Å²) in [4.78, 5) is 27.4. The van der Waals surface area contributed by atoms with Crippen molar-refractivity contribution in [2.24, 2.45) is 5.92 Å². The molecule has 6 rings (SSSR count). The Bertz CT molecular complexity index is 1390. The standard InChI is InChI=1S/C28H25ClN4O/c1-18-7-9-22(19-5-3-2-4-6-19)23(13-18)28(34)32-12-11-20-16-33(26(20)17-32)27-15-30-24-10-8-21(29)14-25(24)31-27/h2-10,13-15,20,26H,11-12,16-17H2,1H3/t20-,26-/m0/s1. The molecule has 0 saturated carbocycles. The molecule has 170 valence electrons. The molecule has 5 nitrogen and oxygen atoms in total. The molecular weight excluding hydrogens is 444 g/mol. The molecule has 0 radical (unpaired) electrons.